The van der Waals surface area contributed by atoms with E-state index in [1.54, 1.807) is 0 Å². The van der Waals surface area contributed by atoms with Gasteiger partial charge in [0.05, 0.1) is 0 Å². The molecule has 0 atom stereocenters. The lowest BCUT2D eigenvalue weighted by atomic mass is 9.89. The van der Waals surface area contributed by atoms with Gasteiger partial charge in [-0.05, 0) is 50.4 Å². The lowest BCUT2D eigenvalue weighted by molar-refractivity contribution is -0.121. The van der Waals surface area contributed by atoms with Crippen LogP contribution >= 0.6 is 0 Å². The zero-order valence-corrected chi connectivity index (χ0v) is 16.2. The molecule has 140 valence electrons. The first-order chi connectivity index (χ1) is 12.6. The molecule has 1 fully saturated rings. The first-order valence-electron chi connectivity index (χ1n) is 10.2. The molecular formula is C22H31N3O. The third-order valence-corrected chi connectivity index (χ3v) is 6.21. The highest BCUT2D eigenvalue weighted by Crippen LogP contribution is 2.31. The molecule has 0 unspecified atom stereocenters. The van der Waals surface area contributed by atoms with Gasteiger partial charge in [-0.1, -0.05) is 30.9 Å². The number of aromatic nitrogens is 1. The van der Waals surface area contributed by atoms with Crippen LogP contribution in [0.2, 0.25) is 0 Å². The number of amides is 1. The summed E-state index contributed by atoms with van der Waals surface area (Å²) in [6, 6.07) is 6.63. The van der Waals surface area contributed by atoms with E-state index in [1.807, 2.05) is 0 Å². The van der Waals surface area contributed by atoms with Crippen LogP contribution in [-0.4, -0.2) is 35.5 Å². The number of hydrogen-bond donors (Lipinski definition) is 1. The summed E-state index contributed by atoms with van der Waals surface area (Å²) in [6.45, 7) is 5.48. The molecule has 2 heterocycles. The number of benzene rings is 1. The summed E-state index contributed by atoms with van der Waals surface area (Å²) in [5.74, 6) is 0.842. The van der Waals surface area contributed by atoms with E-state index in [2.05, 4.69) is 47.0 Å². The maximum Gasteiger partial charge on any atom is 0.239 e. The number of likely N-dealkylation sites (N-methyl/N-ethyl adjacent to an activating group) is 1. The van der Waals surface area contributed by atoms with Gasteiger partial charge in [-0.15, -0.1) is 0 Å². The SMILES string of the molecule is Cc1ccc2c(c1)c1c(n2CC(=O)NCC2CCCCC2)CCN(C)C1. The molecule has 4 nitrogen and oxygen atoms in total. The number of carbonyl (C=O) groups is 1. The molecule has 0 radical (unpaired) electrons. The highest BCUT2D eigenvalue weighted by molar-refractivity contribution is 5.88. The van der Waals surface area contributed by atoms with Gasteiger partial charge in [-0.3, -0.25) is 4.79 Å². The third-order valence-electron chi connectivity index (χ3n) is 6.21. The lowest BCUT2D eigenvalue weighted by Gasteiger charge is -2.24. The van der Waals surface area contributed by atoms with E-state index in [0.717, 1.165) is 26.1 Å². The standard InChI is InChI=1S/C22H31N3O/c1-16-8-9-20-18(12-16)19-14-24(2)11-10-21(19)25(20)15-22(26)23-13-17-6-4-3-5-7-17/h8-9,12,17H,3-7,10-11,13-15H2,1-2H3,(H,23,26). The van der Waals surface area contributed by atoms with Crippen LogP contribution < -0.4 is 5.32 Å². The summed E-state index contributed by atoms with van der Waals surface area (Å²) >= 11 is 0. The zero-order valence-electron chi connectivity index (χ0n) is 16.2. The second kappa shape index (κ2) is 7.43. The van der Waals surface area contributed by atoms with Crippen molar-refractivity contribution in [1.29, 1.82) is 0 Å². The fourth-order valence-corrected chi connectivity index (χ4v) is 4.73. The Morgan fingerprint density at radius 2 is 2.04 bits per heavy atom. The number of aryl methyl sites for hydroxylation is 1. The Hall–Kier alpha value is -1.81. The second-order valence-corrected chi connectivity index (χ2v) is 8.33. The van der Waals surface area contributed by atoms with E-state index >= 15 is 0 Å². The van der Waals surface area contributed by atoms with E-state index in [9.17, 15) is 4.79 Å². The molecular weight excluding hydrogens is 322 g/mol. The van der Waals surface area contributed by atoms with Crippen molar-refractivity contribution in [3.8, 4) is 0 Å². The minimum Gasteiger partial charge on any atom is -0.354 e. The Kier molecular flexibility index (Phi) is 5.03. The van der Waals surface area contributed by atoms with E-state index in [1.165, 1.54) is 59.8 Å². The van der Waals surface area contributed by atoms with Gasteiger partial charge in [0.15, 0.2) is 0 Å². The number of fused-ring (bicyclic) bond motifs is 3. The summed E-state index contributed by atoms with van der Waals surface area (Å²) in [6.07, 6.45) is 7.57. The van der Waals surface area contributed by atoms with Crippen molar-refractivity contribution in [2.24, 2.45) is 5.92 Å². The molecule has 4 heteroatoms. The van der Waals surface area contributed by atoms with Gasteiger partial charge in [-0.2, -0.15) is 0 Å². The van der Waals surface area contributed by atoms with Crippen LogP contribution in [0.4, 0.5) is 0 Å². The van der Waals surface area contributed by atoms with Crippen molar-refractivity contribution in [3.05, 3.63) is 35.0 Å². The highest BCUT2D eigenvalue weighted by atomic mass is 16.1. The molecule has 4 rings (SSSR count). The Morgan fingerprint density at radius 1 is 1.23 bits per heavy atom. The van der Waals surface area contributed by atoms with E-state index < -0.39 is 0 Å². The monoisotopic (exact) mass is 353 g/mol. The van der Waals surface area contributed by atoms with Crippen molar-refractivity contribution in [3.63, 3.8) is 0 Å². The van der Waals surface area contributed by atoms with Crippen LogP contribution in [0.25, 0.3) is 10.9 Å². The number of hydrogen-bond acceptors (Lipinski definition) is 2. The quantitative estimate of drug-likeness (QED) is 0.911. The summed E-state index contributed by atoms with van der Waals surface area (Å²) in [4.78, 5) is 15.0. The van der Waals surface area contributed by atoms with Gasteiger partial charge in [0.2, 0.25) is 5.91 Å². The average molecular weight is 354 g/mol. The molecule has 26 heavy (non-hydrogen) atoms. The maximum absolute atomic E-state index is 12.7. The fraction of sp³-hybridized carbons (Fsp3) is 0.591. The Bertz CT molecular complexity index is 801. The molecule has 2 aromatic rings. The predicted molar refractivity (Wildman–Crippen MR) is 106 cm³/mol. The normalized spacial score (nSPS) is 18.8. The van der Waals surface area contributed by atoms with Gasteiger partial charge in [-0.25, -0.2) is 0 Å². The van der Waals surface area contributed by atoms with Gasteiger partial charge in [0.25, 0.3) is 0 Å². The van der Waals surface area contributed by atoms with Crippen LogP contribution in [0.15, 0.2) is 18.2 Å². The highest BCUT2D eigenvalue weighted by Gasteiger charge is 2.23. The van der Waals surface area contributed by atoms with Crippen molar-refractivity contribution in [1.82, 2.24) is 14.8 Å². The fourth-order valence-electron chi connectivity index (χ4n) is 4.73. The Labute approximate surface area is 156 Å². The Morgan fingerprint density at radius 3 is 2.85 bits per heavy atom. The molecule has 1 aliphatic heterocycles. The lowest BCUT2D eigenvalue weighted by Crippen LogP contribution is -2.34. The van der Waals surface area contributed by atoms with Crippen molar-refractivity contribution >= 4 is 16.8 Å². The minimum absolute atomic E-state index is 0.162. The van der Waals surface area contributed by atoms with Gasteiger partial charge < -0.3 is 14.8 Å². The number of rotatable bonds is 4. The van der Waals surface area contributed by atoms with Crippen LogP contribution in [0.5, 0.6) is 0 Å². The van der Waals surface area contributed by atoms with Crippen LogP contribution in [0, 0.1) is 12.8 Å². The molecule has 1 amide bonds. The number of nitrogens with zero attached hydrogens (tertiary/aromatic N) is 2. The molecule has 1 aromatic heterocycles. The first-order valence-corrected chi connectivity index (χ1v) is 10.2. The minimum atomic E-state index is 0.162. The summed E-state index contributed by atoms with van der Waals surface area (Å²) in [5.41, 5.74) is 5.27. The second-order valence-electron chi connectivity index (χ2n) is 8.33. The summed E-state index contributed by atoms with van der Waals surface area (Å²) in [5, 5.41) is 4.54. The zero-order chi connectivity index (χ0) is 18.1. The number of nitrogens with one attached hydrogen (secondary N) is 1. The molecule has 0 spiro atoms. The predicted octanol–water partition coefficient (Wildman–Crippen LogP) is 3.63. The maximum atomic E-state index is 12.7. The molecule has 1 aliphatic carbocycles. The van der Waals surface area contributed by atoms with Crippen LogP contribution in [0.3, 0.4) is 0 Å². The van der Waals surface area contributed by atoms with Crippen molar-refractivity contribution in [2.45, 2.75) is 58.5 Å². The van der Waals surface area contributed by atoms with Crippen molar-refractivity contribution in [2.75, 3.05) is 20.1 Å². The topological polar surface area (TPSA) is 37.3 Å². The van der Waals surface area contributed by atoms with Crippen molar-refractivity contribution < 1.29 is 4.79 Å². The summed E-state index contributed by atoms with van der Waals surface area (Å²) < 4.78 is 2.27. The molecule has 0 saturated heterocycles. The third kappa shape index (κ3) is 3.52. The van der Waals surface area contributed by atoms with Gasteiger partial charge in [0.1, 0.15) is 6.54 Å². The molecule has 1 aromatic carbocycles. The summed E-state index contributed by atoms with van der Waals surface area (Å²) in [7, 11) is 2.18. The van der Waals surface area contributed by atoms with Crippen LogP contribution in [0.1, 0.15) is 48.9 Å². The molecule has 2 aliphatic rings. The smallest absolute Gasteiger partial charge is 0.239 e. The van der Waals surface area contributed by atoms with Crippen LogP contribution in [-0.2, 0) is 24.3 Å². The average Bonchev–Trinajstić information content (AvgIpc) is 2.93. The molecule has 1 N–H and O–H groups in total. The Balaban J connectivity index is 1.55. The number of carbonyl (C=O) groups excluding carboxylic acids is 1. The van der Waals surface area contributed by atoms with E-state index in [0.29, 0.717) is 12.5 Å². The first kappa shape index (κ1) is 17.6. The largest absolute Gasteiger partial charge is 0.354 e. The van der Waals surface area contributed by atoms with E-state index in [4.69, 9.17) is 0 Å². The van der Waals surface area contributed by atoms with Gasteiger partial charge >= 0.3 is 0 Å². The van der Waals surface area contributed by atoms with Gasteiger partial charge in [0, 0.05) is 42.7 Å². The molecule has 0 bridgehead atoms. The van der Waals surface area contributed by atoms with E-state index in [-0.39, 0.29) is 5.91 Å². The molecule has 1 saturated carbocycles.